The predicted molar refractivity (Wildman–Crippen MR) is 98.1 cm³/mol. The van der Waals surface area contributed by atoms with Crippen LogP contribution in [0.4, 0.5) is 5.82 Å². The Kier molecular flexibility index (Phi) is 4.82. The molecule has 2 N–H and O–H groups in total. The van der Waals surface area contributed by atoms with Crippen molar-refractivity contribution in [2.24, 2.45) is 5.10 Å². The van der Waals surface area contributed by atoms with Crippen molar-refractivity contribution in [3.63, 3.8) is 0 Å². The molecule has 0 aliphatic heterocycles. The molecule has 0 aliphatic carbocycles. The number of phenolic OH excluding ortho intramolecular Hbond substituents is 1. The van der Waals surface area contributed by atoms with Gasteiger partial charge in [0.15, 0.2) is 22.5 Å². The van der Waals surface area contributed by atoms with Crippen LogP contribution in [-0.4, -0.2) is 28.6 Å². The second kappa shape index (κ2) is 7.02. The average molecular weight is 408 g/mol. The Labute approximate surface area is 151 Å². The molecule has 122 valence electrons. The highest BCUT2D eigenvalue weighted by Crippen LogP contribution is 2.34. The van der Waals surface area contributed by atoms with Crippen LogP contribution in [0.15, 0.2) is 46.0 Å². The topological polar surface area (TPSA) is 79.6 Å². The normalized spacial score (nSPS) is 11.1. The van der Waals surface area contributed by atoms with Crippen molar-refractivity contribution in [2.45, 2.75) is 0 Å². The van der Waals surface area contributed by atoms with E-state index in [1.165, 1.54) is 7.11 Å². The molecule has 1 aromatic heterocycles. The number of ether oxygens (including phenoxy) is 1. The molecule has 0 radical (unpaired) electrons. The molecule has 0 unspecified atom stereocenters. The van der Waals surface area contributed by atoms with Crippen molar-refractivity contribution in [3.05, 3.63) is 51.6 Å². The number of hydrogen-bond acceptors (Lipinski definition) is 6. The summed E-state index contributed by atoms with van der Waals surface area (Å²) in [5, 5.41) is 23.8. The van der Waals surface area contributed by atoms with Gasteiger partial charge in [0.2, 0.25) is 0 Å². The summed E-state index contributed by atoms with van der Waals surface area (Å²) in [6, 6.07) is 10.9. The lowest BCUT2D eigenvalue weighted by Crippen LogP contribution is -1.97. The minimum absolute atomic E-state index is 0.0390. The molecule has 0 bridgehead atoms. The molecule has 0 spiro atoms. The van der Waals surface area contributed by atoms with Crippen LogP contribution < -0.4 is 10.2 Å². The summed E-state index contributed by atoms with van der Waals surface area (Å²) in [7, 11) is 1.48. The predicted octanol–water partition coefficient (Wildman–Crippen LogP) is 4.21. The van der Waals surface area contributed by atoms with E-state index < -0.39 is 0 Å². The van der Waals surface area contributed by atoms with Crippen LogP contribution in [-0.2, 0) is 0 Å². The first-order valence-corrected chi connectivity index (χ1v) is 8.03. The van der Waals surface area contributed by atoms with E-state index in [0.717, 1.165) is 16.3 Å². The summed E-state index contributed by atoms with van der Waals surface area (Å²) in [5.74, 6) is 0.885. The summed E-state index contributed by atoms with van der Waals surface area (Å²) in [5.41, 5.74) is 3.59. The quantitative estimate of drug-likeness (QED) is 0.500. The molecule has 2 aromatic carbocycles. The van der Waals surface area contributed by atoms with E-state index >= 15 is 0 Å². The number of nitrogens with zero attached hydrogens (tertiary/aromatic N) is 3. The van der Waals surface area contributed by atoms with E-state index in [4.69, 9.17) is 16.3 Å². The molecular weight excluding hydrogens is 396 g/mol. The zero-order valence-corrected chi connectivity index (χ0v) is 14.8. The molecule has 0 amide bonds. The number of aromatic nitrogens is 2. The summed E-state index contributed by atoms with van der Waals surface area (Å²) in [6.45, 7) is 0. The van der Waals surface area contributed by atoms with Crippen LogP contribution >= 0.6 is 27.5 Å². The number of anilines is 1. The standard InChI is InChI=1S/C16H12BrClN4O2/c1-24-13-7-9(6-12(17)14(13)23)8-19-21-16-11-5-3-2-4-10(11)15(18)20-22-16/h2-8,23H,1H3,(H,21,22)/b19-8-. The molecular formula is C16H12BrClN4O2. The minimum atomic E-state index is 0.0390. The Morgan fingerprint density at radius 3 is 2.75 bits per heavy atom. The number of halogens is 2. The molecule has 0 atom stereocenters. The molecule has 0 saturated carbocycles. The number of methoxy groups -OCH3 is 1. The molecule has 0 fully saturated rings. The second-order valence-corrected chi connectivity index (χ2v) is 6.02. The van der Waals surface area contributed by atoms with Crippen molar-refractivity contribution >= 4 is 50.3 Å². The van der Waals surface area contributed by atoms with Gasteiger partial charge in [-0.05, 0) is 33.6 Å². The van der Waals surface area contributed by atoms with Gasteiger partial charge in [0.05, 0.1) is 17.8 Å². The summed E-state index contributed by atoms with van der Waals surface area (Å²) >= 11 is 9.31. The smallest absolute Gasteiger partial charge is 0.176 e. The van der Waals surface area contributed by atoms with Crippen LogP contribution in [0.3, 0.4) is 0 Å². The van der Waals surface area contributed by atoms with E-state index in [-0.39, 0.29) is 5.75 Å². The number of aromatic hydroxyl groups is 1. The summed E-state index contributed by atoms with van der Waals surface area (Å²) in [4.78, 5) is 0. The lowest BCUT2D eigenvalue weighted by Gasteiger charge is -2.07. The van der Waals surface area contributed by atoms with Crippen LogP contribution in [0.25, 0.3) is 10.8 Å². The van der Waals surface area contributed by atoms with Gasteiger partial charge in [0.25, 0.3) is 0 Å². The van der Waals surface area contributed by atoms with Gasteiger partial charge in [-0.3, -0.25) is 5.43 Å². The van der Waals surface area contributed by atoms with Crippen LogP contribution in [0.2, 0.25) is 5.15 Å². The van der Waals surface area contributed by atoms with Gasteiger partial charge in [-0.1, -0.05) is 35.9 Å². The Balaban J connectivity index is 1.88. The molecule has 0 aliphatic rings. The van der Waals surface area contributed by atoms with Crippen molar-refractivity contribution in [3.8, 4) is 11.5 Å². The van der Waals surface area contributed by atoms with E-state index in [1.807, 2.05) is 24.3 Å². The molecule has 3 aromatic rings. The number of rotatable bonds is 4. The molecule has 1 heterocycles. The maximum absolute atomic E-state index is 9.81. The number of phenols is 1. The largest absolute Gasteiger partial charge is 0.503 e. The van der Waals surface area contributed by atoms with Gasteiger partial charge in [0.1, 0.15) is 0 Å². The number of hydrogen-bond donors (Lipinski definition) is 2. The Hall–Kier alpha value is -2.38. The van der Waals surface area contributed by atoms with Gasteiger partial charge in [-0.25, -0.2) is 0 Å². The first-order chi connectivity index (χ1) is 11.6. The third-order valence-electron chi connectivity index (χ3n) is 3.30. The average Bonchev–Trinajstić information content (AvgIpc) is 2.60. The lowest BCUT2D eigenvalue weighted by atomic mass is 10.2. The number of fused-ring (bicyclic) bond motifs is 1. The second-order valence-electron chi connectivity index (χ2n) is 4.81. The molecule has 24 heavy (non-hydrogen) atoms. The van der Waals surface area contributed by atoms with Crippen molar-refractivity contribution in [1.29, 1.82) is 0 Å². The fraction of sp³-hybridized carbons (Fsp3) is 0.0625. The van der Waals surface area contributed by atoms with E-state index in [9.17, 15) is 5.11 Å². The van der Waals surface area contributed by atoms with E-state index in [1.54, 1.807) is 18.3 Å². The fourth-order valence-electron chi connectivity index (χ4n) is 2.15. The first-order valence-electron chi connectivity index (χ1n) is 6.86. The molecule has 3 rings (SSSR count). The summed E-state index contributed by atoms with van der Waals surface area (Å²) < 4.78 is 5.62. The highest BCUT2D eigenvalue weighted by atomic mass is 79.9. The zero-order chi connectivity index (χ0) is 17.1. The Morgan fingerprint density at radius 2 is 2.00 bits per heavy atom. The van der Waals surface area contributed by atoms with Crippen molar-refractivity contribution in [1.82, 2.24) is 10.2 Å². The van der Waals surface area contributed by atoms with Crippen LogP contribution in [0, 0.1) is 0 Å². The lowest BCUT2D eigenvalue weighted by molar-refractivity contribution is 0.372. The van der Waals surface area contributed by atoms with Crippen molar-refractivity contribution in [2.75, 3.05) is 12.5 Å². The highest BCUT2D eigenvalue weighted by molar-refractivity contribution is 9.10. The number of nitrogens with one attached hydrogen (secondary N) is 1. The Morgan fingerprint density at radius 1 is 1.25 bits per heavy atom. The highest BCUT2D eigenvalue weighted by Gasteiger charge is 2.08. The maximum atomic E-state index is 9.81. The zero-order valence-electron chi connectivity index (χ0n) is 12.5. The molecule has 0 saturated heterocycles. The number of hydrazone groups is 1. The molecule has 6 nitrogen and oxygen atoms in total. The number of benzene rings is 2. The van der Waals surface area contributed by atoms with Gasteiger partial charge in [-0.2, -0.15) is 5.10 Å². The van der Waals surface area contributed by atoms with E-state index in [0.29, 0.717) is 21.2 Å². The van der Waals surface area contributed by atoms with Crippen LogP contribution in [0.5, 0.6) is 11.5 Å². The fourth-order valence-corrected chi connectivity index (χ4v) is 2.81. The summed E-state index contributed by atoms with van der Waals surface area (Å²) in [6.07, 6.45) is 1.58. The third-order valence-corrected chi connectivity index (χ3v) is 4.18. The van der Waals surface area contributed by atoms with Gasteiger partial charge >= 0.3 is 0 Å². The van der Waals surface area contributed by atoms with Crippen molar-refractivity contribution < 1.29 is 9.84 Å². The maximum Gasteiger partial charge on any atom is 0.176 e. The Bertz CT molecular complexity index is 933. The SMILES string of the molecule is COc1cc(/C=N\Nc2nnc(Cl)c3ccccc23)cc(Br)c1O. The van der Waals surface area contributed by atoms with Gasteiger partial charge in [-0.15, -0.1) is 10.2 Å². The minimum Gasteiger partial charge on any atom is -0.503 e. The monoisotopic (exact) mass is 406 g/mol. The van der Waals surface area contributed by atoms with Gasteiger partial charge in [0, 0.05) is 10.8 Å². The third kappa shape index (κ3) is 3.27. The first kappa shape index (κ1) is 16.5. The van der Waals surface area contributed by atoms with E-state index in [2.05, 4.69) is 36.7 Å². The van der Waals surface area contributed by atoms with Gasteiger partial charge < -0.3 is 9.84 Å². The van der Waals surface area contributed by atoms with Crippen LogP contribution in [0.1, 0.15) is 5.56 Å². The molecule has 8 heteroatoms.